The number of benzene rings is 1. The molecular formula is C20H32N4O2. The molecule has 26 heavy (non-hydrogen) atoms. The Morgan fingerprint density at radius 3 is 2.92 bits per heavy atom. The van der Waals surface area contributed by atoms with E-state index in [9.17, 15) is 0 Å². The highest BCUT2D eigenvalue weighted by atomic mass is 16.7. The fraction of sp³-hybridized carbons (Fsp3) is 0.650. The topological polar surface area (TPSA) is 58.1 Å². The van der Waals surface area contributed by atoms with Gasteiger partial charge in [-0.15, -0.1) is 0 Å². The van der Waals surface area contributed by atoms with Gasteiger partial charge in [-0.2, -0.15) is 0 Å². The third kappa shape index (κ3) is 5.27. The monoisotopic (exact) mass is 360 g/mol. The number of guanidine groups is 1. The molecule has 0 spiro atoms. The van der Waals surface area contributed by atoms with Crippen LogP contribution in [0.4, 0.5) is 0 Å². The second-order valence-electron chi connectivity index (χ2n) is 7.13. The minimum Gasteiger partial charge on any atom is -0.454 e. The highest BCUT2D eigenvalue weighted by molar-refractivity contribution is 5.79. The van der Waals surface area contributed by atoms with Crippen LogP contribution in [0.2, 0.25) is 0 Å². The molecule has 1 fully saturated rings. The van der Waals surface area contributed by atoms with Gasteiger partial charge in [0.15, 0.2) is 17.5 Å². The number of fused-ring (bicyclic) bond motifs is 1. The summed E-state index contributed by atoms with van der Waals surface area (Å²) in [5, 5.41) is 6.76. The van der Waals surface area contributed by atoms with Crippen molar-refractivity contribution in [3.8, 4) is 11.5 Å². The van der Waals surface area contributed by atoms with Gasteiger partial charge in [-0.3, -0.25) is 4.99 Å². The van der Waals surface area contributed by atoms with Gasteiger partial charge in [-0.25, -0.2) is 0 Å². The average Bonchev–Trinajstić information content (AvgIpc) is 3.13. The van der Waals surface area contributed by atoms with Gasteiger partial charge in [-0.1, -0.05) is 12.5 Å². The van der Waals surface area contributed by atoms with Crippen LogP contribution in [0, 0.1) is 0 Å². The van der Waals surface area contributed by atoms with Crippen LogP contribution in [0.25, 0.3) is 0 Å². The number of nitrogens with zero attached hydrogens (tertiary/aromatic N) is 2. The van der Waals surface area contributed by atoms with Crippen molar-refractivity contribution in [3.63, 3.8) is 0 Å². The quantitative estimate of drug-likeness (QED) is 0.445. The third-order valence-electron chi connectivity index (χ3n) is 5.23. The second kappa shape index (κ2) is 9.67. The van der Waals surface area contributed by atoms with Crippen LogP contribution in [0.15, 0.2) is 23.2 Å². The molecule has 2 aliphatic rings. The molecule has 2 N–H and O–H groups in total. The van der Waals surface area contributed by atoms with Crippen LogP contribution in [-0.2, 0) is 6.54 Å². The molecule has 1 atom stereocenters. The van der Waals surface area contributed by atoms with Crippen molar-refractivity contribution in [2.24, 2.45) is 4.99 Å². The number of piperidine rings is 1. The minimum atomic E-state index is 0.311. The minimum absolute atomic E-state index is 0.311. The molecule has 0 amide bonds. The van der Waals surface area contributed by atoms with Crippen LogP contribution in [0.3, 0.4) is 0 Å². The first-order chi connectivity index (χ1) is 12.8. The van der Waals surface area contributed by atoms with E-state index >= 15 is 0 Å². The van der Waals surface area contributed by atoms with Gasteiger partial charge in [0.25, 0.3) is 0 Å². The summed E-state index contributed by atoms with van der Waals surface area (Å²) in [5.41, 5.74) is 1.15. The molecule has 0 radical (unpaired) electrons. The number of nitrogens with one attached hydrogen (secondary N) is 2. The summed E-state index contributed by atoms with van der Waals surface area (Å²) in [4.78, 5) is 6.94. The van der Waals surface area contributed by atoms with Crippen molar-refractivity contribution in [2.45, 2.75) is 51.6 Å². The van der Waals surface area contributed by atoms with Crippen molar-refractivity contribution < 1.29 is 9.47 Å². The SMILES string of the molecule is CN=C(NCCCCN1CCCCC1C)NCc1ccc2c(c1)OCO2. The van der Waals surface area contributed by atoms with E-state index in [0.29, 0.717) is 13.3 Å². The van der Waals surface area contributed by atoms with Crippen molar-refractivity contribution >= 4 is 5.96 Å². The number of likely N-dealkylation sites (tertiary alicyclic amines) is 1. The molecule has 144 valence electrons. The van der Waals surface area contributed by atoms with Crippen molar-refractivity contribution in [2.75, 3.05) is 33.5 Å². The number of unbranched alkanes of at least 4 members (excludes halogenated alkanes) is 1. The first-order valence-electron chi connectivity index (χ1n) is 9.83. The number of aliphatic imine (C=N–C) groups is 1. The Hall–Kier alpha value is -1.95. The normalized spacial score (nSPS) is 20.2. The maximum absolute atomic E-state index is 5.42. The molecule has 6 heteroatoms. The lowest BCUT2D eigenvalue weighted by atomic mass is 10.0. The van der Waals surface area contributed by atoms with E-state index in [1.54, 1.807) is 0 Å². The summed E-state index contributed by atoms with van der Waals surface area (Å²) < 4.78 is 10.8. The first kappa shape index (κ1) is 18.8. The highest BCUT2D eigenvalue weighted by Gasteiger charge is 2.17. The van der Waals surface area contributed by atoms with Gasteiger partial charge in [0.1, 0.15) is 0 Å². The van der Waals surface area contributed by atoms with Gasteiger partial charge in [0, 0.05) is 26.2 Å². The molecule has 0 saturated carbocycles. The zero-order valence-corrected chi connectivity index (χ0v) is 16.1. The van der Waals surface area contributed by atoms with E-state index in [1.807, 2.05) is 25.2 Å². The molecule has 1 saturated heterocycles. The Labute approximate surface area is 157 Å². The lowest BCUT2D eigenvalue weighted by molar-refractivity contribution is 0.158. The molecule has 1 unspecified atom stereocenters. The van der Waals surface area contributed by atoms with Crippen LogP contribution in [0.1, 0.15) is 44.6 Å². The summed E-state index contributed by atoms with van der Waals surface area (Å²) in [7, 11) is 1.81. The average molecular weight is 361 g/mol. The molecule has 0 bridgehead atoms. The number of hydrogen-bond acceptors (Lipinski definition) is 4. The maximum Gasteiger partial charge on any atom is 0.231 e. The number of hydrogen-bond donors (Lipinski definition) is 2. The van der Waals surface area contributed by atoms with Gasteiger partial charge >= 0.3 is 0 Å². The van der Waals surface area contributed by atoms with E-state index in [4.69, 9.17) is 9.47 Å². The van der Waals surface area contributed by atoms with Gasteiger partial charge in [0.2, 0.25) is 6.79 Å². The van der Waals surface area contributed by atoms with E-state index in [2.05, 4.69) is 27.4 Å². The van der Waals surface area contributed by atoms with E-state index in [-0.39, 0.29) is 0 Å². The predicted octanol–water partition coefficient (Wildman–Crippen LogP) is 2.73. The summed E-state index contributed by atoms with van der Waals surface area (Å²) in [6, 6.07) is 6.78. The Morgan fingerprint density at radius 2 is 2.08 bits per heavy atom. The van der Waals surface area contributed by atoms with Gasteiger partial charge in [0.05, 0.1) is 0 Å². The second-order valence-corrected chi connectivity index (χ2v) is 7.13. The van der Waals surface area contributed by atoms with Crippen LogP contribution in [-0.4, -0.2) is 50.4 Å². The van der Waals surface area contributed by atoms with Crippen LogP contribution >= 0.6 is 0 Å². The Balaban J connectivity index is 1.32. The summed E-state index contributed by atoms with van der Waals surface area (Å²) in [5.74, 6) is 2.48. The lowest BCUT2D eigenvalue weighted by Gasteiger charge is -2.33. The summed E-state index contributed by atoms with van der Waals surface area (Å²) >= 11 is 0. The molecule has 0 aliphatic carbocycles. The first-order valence-corrected chi connectivity index (χ1v) is 9.83. The molecule has 1 aromatic carbocycles. The van der Waals surface area contributed by atoms with Crippen molar-refractivity contribution in [3.05, 3.63) is 23.8 Å². The maximum atomic E-state index is 5.42. The zero-order valence-electron chi connectivity index (χ0n) is 16.1. The third-order valence-corrected chi connectivity index (χ3v) is 5.23. The summed E-state index contributed by atoms with van der Waals surface area (Å²) in [6.45, 7) is 6.81. The van der Waals surface area contributed by atoms with E-state index in [1.165, 1.54) is 38.8 Å². The molecule has 0 aromatic heterocycles. The smallest absolute Gasteiger partial charge is 0.231 e. The van der Waals surface area contributed by atoms with Gasteiger partial charge < -0.3 is 25.0 Å². The van der Waals surface area contributed by atoms with E-state index in [0.717, 1.165) is 42.0 Å². The fourth-order valence-electron chi connectivity index (χ4n) is 3.59. The number of ether oxygens (including phenoxy) is 2. The standard InChI is InChI=1S/C20H32N4O2/c1-16-7-3-5-11-24(16)12-6-4-10-22-20(21-2)23-14-17-8-9-18-19(13-17)26-15-25-18/h8-9,13,16H,3-7,10-12,14-15H2,1-2H3,(H2,21,22,23). The molecule has 2 heterocycles. The number of rotatable bonds is 7. The fourth-order valence-corrected chi connectivity index (χ4v) is 3.59. The Kier molecular flexibility index (Phi) is 7.00. The van der Waals surface area contributed by atoms with E-state index < -0.39 is 0 Å². The largest absolute Gasteiger partial charge is 0.454 e. The van der Waals surface area contributed by atoms with Crippen LogP contribution < -0.4 is 20.1 Å². The Bertz CT molecular complexity index is 605. The highest BCUT2D eigenvalue weighted by Crippen LogP contribution is 2.32. The zero-order chi connectivity index (χ0) is 18.2. The lowest BCUT2D eigenvalue weighted by Crippen LogP contribution is -2.39. The summed E-state index contributed by atoms with van der Waals surface area (Å²) in [6.07, 6.45) is 6.50. The molecule has 6 nitrogen and oxygen atoms in total. The molecule has 3 rings (SSSR count). The van der Waals surface area contributed by atoms with Crippen molar-refractivity contribution in [1.29, 1.82) is 0 Å². The molecular weight excluding hydrogens is 328 g/mol. The van der Waals surface area contributed by atoms with Crippen LogP contribution in [0.5, 0.6) is 11.5 Å². The predicted molar refractivity (Wildman–Crippen MR) is 105 cm³/mol. The Morgan fingerprint density at radius 1 is 1.19 bits per heavy atom. The van der Waals surface area contributed by atoms with Crippen molar-refractivity contribution in [1.82, 2.24) is 15.5 Å². The van der Waals surface area contributed by atoms with Gasteiger partial charge in [-0.05, 0) is 63.4 Å². The molecule has 1 aromatic rings. The molecule has 2 aliphatic heterocycles.